The lowest BCUT2D eigenvalue weighted by Gasteiger charge is -2.17. The molecular weight excluding hydrogens is 268 g/mol. The zero-order valence-corrected chi connectivity index (χ0v) is 12.2. The largest absolute Gasteiger partial charge is 0.353 e. The van der Waals surface area contributed by atoms with Crippen LogP contribution >= 0.6 is 22.9 Å². The van der Waals surface area contributed by atoms with Gasteiger partial charge in [0, 0.05) is 18.5 Å². The van der Waals surface area contributed by atoms with Crippen LogP contribution in [-0.4, -0.2) is 41.0 Å². The maximum Gasteiger partial charge on any atom is 0.225 e. The van der Waals surface area contributed by atoms with E-state index in [4.69, 9.17) is 11.6 Å². The van der Waals surface area contributed by atoms with Gasteiger partial charge in [0.2, 0.25) is 5.95 Å². The van der Waals surface area contributed by atoms with Gasteiger partial charge in [0.25, 0.3) is 0 Å². The molecule has 0 aliphatic heterocycles. The smallest absolute Gasteiger partial charge is 0.225 e. The van der Waals surface area contributed by atoms with Crippen LogP contribution in [0.15, 0.2) is 11.4 Å². The fourth-order valence-electron chi connectivity index (χ4n) is 1.76. The highest BCUT2D eigenvalue weighted by molar-refractivity contribution is 7.16. The topological polar surface area (TPSA) is 41.0 Å². The van der Waals surface area contributed by atoms with Crippen LogP contribution in [-0.2, 0) is 0 Å². The van der Waals surface area contributed by atoms with E-state index < -0.39 is 0 Å². The summed E-state index contributed by atoms with van der Waals surface area (Å²) in [6.07, 6.45) is 0. The number of nitrogens with zero attached hydrogens (tertiary/aromatic N) is 3. The molecule has 0 aliphatic carbocycles. The Morgan fingerprint density at radius 3 is 2.83 bits per heavy atom. The summed E-state index contributed by atoms with van der Waals surface area (Å²) < 4.78 is 0. The van der Waals surface area contributed by atoms with Crippen LogP contribution in [0, 0.1) is 0 Å². The van der Waals surface area contributed by atoms with Crippen LogP contribution in [0.25, 0.3) is 10.2 Å². The molecule has 4 nitrogen and oxygen atoms in total. The van der Waals surface area contributed by atoms with Crippen molar-refractivity contribution in [3.8, 4) is 0 Å². The van der Waals surface area contributed by atoms with Gasteiger partial charge in [-0.3, -0.25) is 0 Å². The molecule has 0 radical (unpaired) electrons. The Balaban J connectivity index is 1.99. The van der Waals surface area contributed by atoms with Gasteiger partial charge in [-0.2, -0.15) is 0 Å². The van der Waals surface area contributed by atoms with Gasteiger partial charge in [-0.1, -0.05) is 25.4 Å². The van der Waals surface area contributed by atoms with Gasteiger partial charge in [0.1, 0.15) is 9.98 Å². The number of halogens is 1. The Morgan fingerprint density at radius 2 is 2.11 bits per heavy atom. The van der Waals surface area contributed by atoms with Crippen molar-refractivity contribution in [3.05, 3.63) is 16.6 Å². The molecule has 2 aromatic rings. The third-order valence-electron chi connectivity index (χ3n) is 2.88. The van der Waals surface area contributed by atoms with Gasteiger partial charge in [-0.25, -0.2) is 9.97 Å². The number of aromatic nitrogens is 2. The summed E-state index contributed by atoms with van der Waals surface area (Å²) in [5, 5.41) is 6.65. The third-order valence-corrected chi connectivity index (χ3v) is 3.98. The summed E-state index contributed by atoms with van der Waals surface area (Å²) in [6.45, 7) is 8.25. The Hall–Kier alpha value is -0.910. The first-order chi connectivity index (χ1) is 8.74. The molecule has 0 saturated heterocycles. The molecule has 0 fully saturated rings. The monoisotopic (exact) mass is 284 g/mol. The van der Waals surface area contributed by atoms with Crippen molar-refractivity contribution >= 4 is 39.1 Å². The number of hydrogen-bond donors (Lipinski definition) is 1. The molecule has 18 heavy (non-hydrogen) atoms. The lowest BCUT2D eigenvalue weighted by molar-refractivity contribution is 0.316. The van der Waals surface area contributed by atoms with Crippen molar-refractivity contribution in [3.63, 3.8) is 0 Å². The Labute approximate surface area is 116 Å². The van der Waals surface area contributed by atoms with Gasteiger partial charge < -0.3 is 10.2 Å². The molecular formula is C12H17ClN4S. The predicted octanol–water partition coefficient (Wildman–Crippen LogP) is 3.10. The first-order valence-electron chi connectivity index (χ1n) is 6.11. The third kappa shape index (κ3) is 3.10. The summed E-state index contributed by atoms with van der Waals surface area (Å²) in [4.78, 5) is 12.0. The standard InChI is InChI=1S/C12H17ClN4S/c1-3-17(4-2)7-6-14-12-15-10(13)9-5-8-18-11(9)16-12/h5,8H,3-4,6-7H2,1-2H3,(H,14,15,16). The first-order valence-corrected chi connectivity index (χ1v) is 7.37. The van der Waals surface area contributed by atoms with E-state index in [9.17, 15) is 0 Å². The highest BCUT2D eigenvalue weighted by atomic mass is 35.5. The molecule has 2 rings (SSSR count). The van der Waals surface area contributed by atoms with E-state index in [-0.39, 0.29) is 0 Å². The maximum absolute atomic E-state index is 6.10. The lowest BCUT2D eigenvalue weighted by atomic mass is 10.4. The summed E-state index contributed by atoms with van der Waals surface area (Å²) in [6, 6.07) is 1.95. The van der Waals surface area contributed by atoms with Crippen molar-refractivity contribution < 1.29 is 0 Å². The number of fused-ring (bicyclic) bond motifs is 1. The molecule has 0 amide bonds. The molecule has 1 N–H and O–H groups in total. The molecule has 0 unspecified atom stereocenters. The van der Waals surface area contributed by atoms with Crippen molar-refractivity contribution in [2.75, 3.05) is 31.5 Å². The Morgan fingerprint density at radius 1 is 1.33 bits per heavy atom. The minimum absolute atomic E-state index is 0.520. The second-order valence-corrected chi connectivity index (χ2v) is 5.18. The van der Waals surface area contributed by atoms with Crippen LogP contribution in [0.4, 0.5) is 5.95 Å². The molecule has 0 atom stereocenters. The number of thiophene rings is 1. The average Bonchev–Trinajstić information content (AvgIpc) is 2.83. The summed E-state index contributed by atoms with van der Waals surface area (Å²) in [7, 11) is 0. The molecule has 0 saturated carbocycles. The van der Waals surface area contributed by atoms with E-state index in [0.29, 0.717) is 11.1 Å². The SMILES string of the molecule is CCN(CC)CCNc1nc(Cl)c2ccsc2n1. The van der Waals surface area contributed by atoms with Crippen LogP contribution in [0.1, 0.15) is 13.8 Å². The van der Waals surface area contributed by atoms with Gasteiger partial charge in [0.15, 0.2) is 0 Å². The molecule has 0 aromatic carbocycles. The second-order valence-electron chi connectivity index (χ2n) is 3.93. The Bertz CT molecular complexity index is 510. The fraction of sp³-hybridized carbons (Fsp3) is 0.500. The molecule has 0 spiro atoms. The lowest BCUT2D eigenvalue weighted by Crippen LogP contribution is -2.28. The summed E-state index contributed by atoms with van der Waals surface area (Å²) >= 11 is 7.68. The van der Waals surface area contributed by atoms with Crippen molar-refractivity contribution in [1.29, 1.82) is 0 Å². The minimum atomic E-state index is 0.520. The highest BCUT2D eigenvalue weighted by Gasteiger charge is 2.06. The van der Waals surface area contributed by atoms with Gasteiger partial charge >= 0.3 is 0 Å². The van der Waals surface area contributed by atoms with E-state index >= 15 is 0 Å². The zero-order chi connectivity index (χ0) is 13.0. The molecule has 2 heterocycles. The first kappa shape index (κ1) is 13.5. The van der Waals surface area contributed by atoms with Gasteiger partial charge in [0.05, 0.1) is 0 Å². The molecule has 0 bridgehead atoms. The van der Waals surface area contributed by atoms with E-state index in [1.807, 2.05) is 11.4 Å². The van der Waals surface area contributed by atoms with E-state index in [1.165, 1.54) is 0 Å². The van der Waals surface area contributed by atoms with Gasteiger partial charge in [-0.15, -0.1) is 11.3 Å². The van der Waals surface area contributed by atoms with E-state index in [2.05, 4.69) is 34.0 Å². The fourth-order valence-corrected chi connectivity index (χ4v) is 2.82. The van der Waals surface area contributed by atoms with Crippen molar-refractivity contribution in [2.45, 2.75) is 13.8 Å². The number of anilines is 1. The minimum Gasteiger partial charge on any atom is -0.353 e. The normalized spacial score (nSPS) is 11.3. The summed E-state index contributed by atoms with van der Waals surface area (Å²) in [5.41, 5.74) is 0. The summed E-state index contributed by atoms with van der Waals surface area (Å²) in [5.74, 6) is 0.613. The van der Waals surface area contributed by atoms with Gasteiger partial charge in [-0.05, 0) is 24.5 Å². The van der Waals surface area contributed by atoms with Crippen LogP contribution in [0.5, 0.6) is 0 Å². The number of nitrogens with one attached hydrogen (secondary N) is 1. The van der Waals surface area contributed by atoms with Crippen molar-refractivity contribution in [2.24, 2.45) is 0 Å². The Kier molecular flexibility index (Phi) is 4.74. The molecule has 98 valence electrons. The van der Waals surface area contributed by atoms with E-state index in [1.54, 1.807) is 11.3 Å². The quantitative estimate of drug-likeness (QED) is 0.828. The number of likely N-dealkylation sites (N-methyl/N-ethyl adjacent to an activating group) is 1. The maximum atomic E-state index is 6.10. The van der Waals surface area contributed by atoms with E-state index in [0.717, 1.165) is 36.4 Å². The molecule has 2 aromatic heterocycles. The zero-order valence-electron chi connectivity index (χ0n) is 10.6. The molecule has 6 heteroatoms. The van der Waals surface area contributed by atoms with Crippen molar-refractivity contribution in [1.82, 2.24) is 14.9 Å². The predicted molar refractivity (Wildman–Crippen MR) is 78.7 cm³/mol. The average molecular weight is 285 g/mol. The highest BCUT2D eigenvalue weighted by Crippen LogP contribution is 2.25. The number of rotatable bonds is 6. The van der Waals surface area contributed by atoms with Crippen LogP contribution in [0.3, 0.4) is 0 Å². The number of hydrogen-bond acceptors (Lipinski definition) is 5. The van der Waals surface area contributed by atoms with Crippen LogP contribution < -0.4 is 5.32 Å². The molecule has 0 aliphatic rings. The second kappa shape index (κ2) is 6.31. The van der Waals surface area contributed by atoms with Crippen LogP contribution in [0.2, 0.25) is 5.15 Å².